The van der Waals surface area contributed by atoms with Crippen LogP contribution in [-0.4, -0.2) is 87.3 Å². The molecule has 266 valence electrons. The molecule has 15 heteroatoms. The summed E-state index contributed by atoms with van der Waals surface area (Å²) < 4.78 is 32.6. The summed E-state index contributed by atoms with van der Waals surface area (Å²) in [6.45, 7) is 5.21. The first kappa shape index (κ1) is 43.4. The zero-order chi connectivity index (χ0) is 34.3. The molecular formula is C31H57N4O10P. The number of hydrogen-bond donors (Lipinski definition) is 5. The van der Waals surface area contributed by atoms with E-state index in [0.29, 0.717) is 6.54 Å². The lowest BCUT2D eigenvalue weighted by atomic mass is 10.1. The van der Waals surface area contributed by atoms with E-state index >= 15 is 0 Å². The molecule has 0 saturated heterocycles. The quantitative estimate of drug-likeness (QED) is 0.0245. The third-order valence-corrected chi connectivity index (χ3v) is 7.25. The molecular weight excluding hydrogens is 619 g/mol. The van der Waals surface area contributed by atoms with Crippen molar-refractivity contribution < 1.29 is 47.2 Å². The highest BCUT2D eigenvalue weighted by molar-refractivity contribution is 7.47. The van der Waals surface area contributed by atoms with Crippen molar-refractivity contribution in [1.29, 1.82) is 0 Å². The highest BCUT2D eigenvalue weighted by Gasteiger charge is 2.28. The van der Waals surface area contributed by atoms with Crippen molar-refractivity contribution >= 4 is 31.6 Å². The molecule has 6 N–H and O–H groups in total. The van der Waals surface area contributed by atoms with Gasteiger partial charge in [-0.05, 0) is 51.7 Å². The first-order valence-corrected chi connectivity index (χ1v) is 17.8. The van der Waals surface area contributed by atoms with Crippen LogP contribution in [0.1, 0.15) is 90.9 Å². The van der Waals surface area contributed by atoms with Crippen molar-refractivity contribution in [3.63, 3.8) is 0 Å². The van der Waals surface area contributed by atoms with Gasteiger partial charge in [0.2, 0.25) is 11.8 Å². The van der Waals surface area contributed by atoms with Crippen LogP contribution in [0, 0.1) is 0 Å². The van der Waals surface area contributed by atoms with Crippen molar-refractivity contribution in [3.05, 3.63) is 24.3 Å². The number of allylic oxidation sites excluding steroid dienone is 2. The van der Waals surface area contributed by atoms with Gasteiger partial charge < -0.3 is 36.1 Å². The van der Waals surface area contributed by atoms with Crippen LogP contribution in [0.5, 0.6) is 0 Å². The predicted molar refractivity (Wildman–Crippen MR) is 176 cm³/mol. The van der Waals surface area contributed by atoms with E-state index in [4.69, 9.17) is 24.3 Å². The van der Waals surface area contributed by atoms with Gasteiger partial charge in [-0.1, -0.05) is 63.8 Å². The topological polar surface area (TPSA) is 205 Å². The molecule has 14 nitrogen and oxygen atoms in total. The number of ether oxygens (including phenoxy) is 2. The molecule has 0 aliphatic heterocycles. The number of unbranched alkanes of at least 4 members (excludes halogenated alkanes) is 5. The van der Waals surface area contributed by atoms with Crippen LogP contribution in [-0.2, 0) is 42.3 Å². The van der Waals surface area contributed by atoms with Gasteiger partial charge in [0, 0.05) is 13.1 Å². The second-order valence-corrected chi connectivity index (χ2v) is 11.9. The third-order valence-electron chi connectivity index (χ3n) is 6.18. The molecule has 0 heterocycles. The van der Waals surface area contributed by atoms with Gasteiger partial charge >= 0.3 is 19.8 Å². The second kappa shape index (κ2) is 29.8. The van der Waals surface area contributed by atoms with Crippen molar-refractivity contribution in [1.82, 2.24) is 16.0 Å². The largest absolute Gasteiger partial charge is 0.472 e. The fourth-order valence-electron chi connectivity index (χ4n) is 3.80. The summed E-state index contributed by atoms with van der Waals surface area (Å²) in [5.74, 6) is -2.20. The maximum absolute atomic E-state index is 12.5. The molecule has 2 amide bonds. The smallest absolute Gasteiger partial charge is 0.463 e. The fourth-order valence-corrected chi connectivity index (χ4v) is 4.68. The Bertz CT molecular complexity index is 916. The molecule has 0 aromatic carbocycles. The van der Waals surface area contributed by atoms with Crippen molar-refractivity contribution in [2.24, 2.45) is 5.73 Å². The van der Waals surface area contributed by atoms with E-state index in [-0.39, 0.29) is 19.4 Å². The number of phosphoric ester groups is 1. The summed E-state index contributed by atoms with van der Waals surface area (Å²) >= 11 is 0. The zero-order valence-electron chi connectivity index (χ0n) is 27.7. The summed E-state index contributed by atoms with van der Waals surface area (Å²) in [7, 11) is -4.70. The van der Waals surface area contributed by atoms with Gasteiger partial charge in [-0.3, -0.25) is 28.2 Å². The normalized spacial score (nSPS) is 12.8. The maximum atomic E-state index is 12.5. The molecule has 1 unspecified atom stereocenters. The van der Waals surface area contributed by atoms with Gasteiger partial charge in [0.05, 0.1) is 19.4 Å². The Balaban J connectivity index is 4.33. The van der Waals surface area contributed by atoms with E-state index < -0.39 is 63.9 Å². The molecule has 1 atom stereocenters. The lowest BCUT2D eigenvalue weighted by Gasteiger charge is -2.20. The summed E-state index contributed by atoms with van der Waals surface area (Å²) in [6, 6.07) is 0. The third kappa shape index (κ3) is 28.8. The van der Waals surface area contributed by atoms with Crippen LogP contribution in [0.4, 0.5) is 0 Å². The Morgan fingerprint density at radius 3 is 1.83 bits per heavy atom. The van der Waals surface area contributed by atoms with Crippen LogP contribution in [0.25, 0.3) is 0 Å². The lowest BCUT2D eigenvalue weighted by molar-refractivity contribution is -0.151. The average Bonchev–Trinajstić information content (AvgIpc) is 3.01. The molecule has 0 rings (SSSR count). The van der Waals surface area contributed by atoms with E-state index in [1.807, 2.05) is 13.8 Å². The molecule has 0 bridgehead atoms. The minimum absolute atomic E-state index is 0.00115. The maximum Gasteiger partial charge on any atom is 0.472 e. The van der Waals surface area contributed by atoms with Gasteiger partial charge in [0.15, 0.2) is 0 Å². The Labute approximate surface area is 274 Å². The molecule has 46 heavy (non-hydrogen) atoms. The van der Waals surface area contributed by atoms with Gasteiger partial charge in [-0.25, -0.2) is 4.57 Å². The number of rotatable bonds is 30. The summed E-state index contributed by atoms with van der Waals surface area (Å²) in [4.78, 5) is 58.0. The molecule has 0 spiro atoms. The minimum atomic E-state index is -4.70. The number of phosphoric acid groups is 1. The lowest BCUT2D eigenvalue weighted by Crippen LogP contribution is -2.34. The number of esters is 2. The van der Waals surface area contributed by atoms with Crippen LogP contribution in [0.2, 0.25) is 0 Å². The summed E-state index contributed by atoms with van der Waals surface area (Å²) in [6.07, 6.45) is 14.4. The molecule has 0 aliphatic rings. The number of carbonyl (C=O) groups excluding carboxylic acids is 4. The van der Waals surface area contributed by atoms with Crippen molar-refractivity contribution in [2.45, 2.75) is 97.0 Å². The Kier molecular flexibility index (Phi) is 28.1. The summed E-state index contributed by atoms with van der Waals surface area (Å²) in [5, 5.41) is 8.45. The molecule has 0 aromatic heterocycles. The Hall–Kier alpha value is -2.61. The van der Waals surface area contributed by atoms with Gasteiger partial charge in [-0.2, -0.15) is 0 Å². The second-order valence-electron chi connectivity index (χ2n) is 10.5. The molecule has 0 aromatic rings. The van der Waals surface area contributed by atoms with E-state index in [2.05, 4.69) is 16.0 Å². The van der Waals surface area contributed by atoms with Crippen molar-refractivity contribution in [2.75, 3.05) is 52.5 Å². The van der Waals surface area contributed by atoms with Gasteiger partial charge in [0.25, 0.3) is 0 Å². The Morgan fingerprint density at radius 2 is 1.26 bits per heavy atom. The van der Waals surface area contributed by atoms with E-state index in [9.17, 15) is 28.6 Å². The summed E-state index contributed by atoms with van der Waals surface area (Å²) in [5.41, 5.74) is 5.49. The monoisotopic (exact) mass is 676 g/mol. The van der Waals surface area contributed by atoms with Crippen LogP contribution in [0.15, 0.2) is 24.3 Å². The Morgan fingerprint density at radius 1 is 0.739 bits per heavy atom. The number of nitrogens with two attached hydrogens (primary N) is 1. The van der Waals surface area contributed by atoms with Crippen molar-refractivity contribution in [3.8, 4) is 0 Å². The molecule has 0 aliphatic carbocycles. The number of nitrogens with one attached hydrogen (secondary N) is 3. The zero-order valence-corrected chi connectivity index (χ0v) is 28.6. The first-order valence-electron chi connectivity index (χ1n) is 16.3. The van der Waals surface area contributed by atoms with E-state index in [0.717, 1.165) is 51.7 Å². The van der Waals surface area contributed by atoms with Gasteiger partial charge in [0.1, 0.15) is 25.7 Å². The fraction of sp³-hybridized carbons (Fsp3) is 0.742. The standard InChI is InChI=1S/C31H57N4O10P/c1-3-5-11-16-30(38)42-25-27(26-43-31(39)17-12-6-4-2)45-46(40,41)44-23-22-35-29(37)24-28(36)34-21-15-20-33-19-14-10-8-7-9-13-18-32/h5-6,11-12,27,33H,3-4,7-10,13-26,32H2,1-2H3,(H,34,36)(H,35,37)(H,40,41)/b11-5-,12-6-. The highest BCUT2D eigenvalue weighted by atomic mass is 31.2. The number of amides is 2. The molecule has 0 saturated carbocycles. The minimum Gasteiger partial charge on any atom is -0.463 e. The van der Waals surface area contributed by atoms with Crippen LogP contribution in [0.3, 0.4) is 0 Å². The number of carbonyl (C=O) groups is 4. The predicted octanol–water partition coefficient (Wildman–Crippen LogP) is 3.19. The SMILES string of the molecule is CC/C=C\CC(=O)OCC(COC(=O)C/C=C\CC)OP(=O)(O)OCCNC(=O)CC(=O)NCCCNCCCCCCCCN. The first-order chi connectivity index (χ1) is 22.1. The van der Waals surface area contributed by atoms with Gasteiger partial charge in [-0.15, -0.1) is 0 Å². The highest BCUT2D eigenvalue weighted by Crippen LogP contribution is 2.44. The molecule has 0 radical (unpaired) electrons. The van der Waals surface area contributed by atoms with E-state index in [1.165, 1.54) is 25.7 Å². The number of hydrogen-bond acceptors (Lipinski definition) is 11. The van der Waals surface area contributed by atoms with Crippen LogP contribution < -0.4 is 21.7 Å². The molecule has 0 fully saturated rings. The average molecular weight is 677 g/mol. The van der Waals surface area contributed by atoms with Crippen LogP contribution >= 0.6 is 7.82 Å². The van der Waals surface area contributed by atoms with E-state index in [1.54, 1.807) is 24.3 Å².